The Morgan fingerprint density at radius 3 is 1.59 bits per heavy atom. The fourth-order valence-electron chi connectivity index (χ4n) is 2.28. The Bertz CT molecular complexity index is 504. The zero-order valence-electron chi connectivity index (χ0n) is 12.8. The Kier molecular flexibility index (Phi) is 6.30. The van der Waals surface area contributed by atoms with E-state index in [-0.39, 0.29) is 0 Å². The molecule has 2 aromatic carbocycles. The summed E-state index contributed by atoms with van der Waals surface area (Å²) >= 11 is 0. The molecule has 0 aliphatic carbocycles. The van der Waals surface area contributed by atoms with Crippen molar-refractivity contribution in [3.63, 3.8) is 0 Å². The molecule has 118 valence electrons. The average molecular weight is 318 g/mol. The maximum Gasteiger partial charge on any atom is 0.245 e. The SMILES string of the molecule is COC(C)O[SiH](C(O)c1ccccc1)C(O)c1ccccc1. The van der Waals surface area contributed by atoms with Gasteiger partial charge in [-0.05, 0) is 18.1 Å². The fraction of sp³-hybridized carbons (Fsp3) is 0.294. The second-order valence-electron chi connectivity index (χ2n) is 5.12. The van der Waals surface area contributed by atoms with Crippen LogP contribution in [0.4, 0.5) is 0 Å². The molecular weight excluding hydrogens is 296 g/mol. The summed E-state index contributed by atoms with van der Waals surface area (Å²) in [6.07, 6.45) is -0.478. The molecule has 22 heavy (non-hydrogen) atoms. The van der Waals surface area contributed by atoms with E-state index in [0.29, 0.717) is 0 Å². The van der Waals surface area contributed by atoms with Gasteiger partial charge in [0, 0.05) is 7.11 Å². The van der Waals surface area contributed by atoms with Crippen molar-refractivity contribution in [2.75, 3.05) is 7.11 Å². The first kappa shape index (κ1) is 16.9. The monoisotopic (exact) mass is 318 g/mol. The Morgan fingerprint density at radius 2 is 1.23 bits per heavy atom. The third-order valence-electron chi connectivity index (χ3n) is 3.59. The van der Waals surface area contributed by atoms with Crippen LogP contribution in [0.3, 0.4) is 0 Å². The topological polar surface area (TPSA) is 58.9 Å². The number of hydrogen-bond acceptors (Lipinski definition) is 4. The van der Waals surface area contributed by atoms with Gasteiger partial charge in [-0.3, -0.25) is 0 Å². The fourth-order valence-corrected chi connectivity index (χ4v) is 4.68. The molecule has 0 amide bonds. The van der Waals surface area contributed by atoms with Gasteiger partial charge < -0.3 is 19.4 Å². The highest BCUT2D eigenvalue weighted by atomic mass is 28.3. The number of benzene rings is 2. The standard InChI is InChI=1S/C17H22O4Si/c1-13(20-2)21-22(16(18)14-9-5-3-6-10-14)17(19)15-11-7-4-8-12-15/h3-13,16-19,22H,1-2H3. The Morgan fingerprint density at radius 1 is 0.818 bits per heavy atom. The van der Waals surface area contributed by atoms with Crippen LogP contribution < -0.4 is 0 Å². The molecule has 2 rings (SSSR count). The van der Waals surface area contributed by atoms with Gasteiger partial charge in [0.15, 0.2) is 0 Å². The molecule has 0 aromatic heterocycles. The third-order valence-corrected chi connectivity index (χ3v) is 6.30. The second-order valence-corrected chi connectivity index (χ2v) is 7.58. The molecular formula is C17H22O4Si. The van der Waals surface area contributed by atoms with E-state index in [1.54, 1.807) is 14.0 Å². The molecule has 0 aliphatic heterocycles. The lowest BCUT2D eigenvalue weighted by Gasteiger charge is -2.29. The van der Waals surface area contributed by atoms with Crippen molar-refractivity contribution in [2.45, 2.75) is 24.7 Å². The Labute approximate surface area is 132 Å². The molecule has 3 atom stereocenters. The van der Waals surface area contributed by atoms with Gasteiger partial charge in [-0.15, -0.1) is 0 Å². The summed E-state index contributed by atoms with van der Waals surface area (Å²) in [4.78, 5) is 0. The van der Waals surface area contributed by atoms with Gasteiger partial charge in [0.2, 0.25) is 9.04 Å². The van der Waals surface area contributed by atoms with Crippen molar-refractivity contribution in [3.8, 4) is 0 Å². The minimum atomic E-state index is -2.46. The van der Waals surface area contributed by atoms with Gasteiger partial charge in [0.1, 0.15) is 6.29 Å². The van der Waals surface area contributed by atoms with Crippen LogP contribution in [0.5, 0.6) is 0 Å². The highest BCUT2D eigenvalue weighted by Crippen LogP contribution is 2.27. The highest BCUT2D eigenvalue weighted by Gasteiger charge is 2.34. The minimum Gasteiger partial charge on any atom is -0.390 e. The molecule has 2 aromatic rings. The van der Waals surface area contributed by atoms with Crippen LogP contribution in [0.2, 0.25) is 0 Å². The van der Waals surface area contributed by atoms with Crippen LogP contribution in [0.1, 0.15) is 29.5 Å². The smallest absolute Gasteiger partial charge is 0.245 e. The maximum absolute atomic E-state index is 10.7. The van der Waals surface area contributed by atoms with E-state index in [4.69, 9.17) is 9.16 Å². The normalized spacial score (nSPS) is 16.7. The third kappa shape index (κ3) is 4.25. The van der Waals surface area contributed by atoms with E-state index in [2.05, 4.69) is 0 Å². The van der Waals surface area contributed by atoms with Gasteiger partial charge in [-0.25, -0.2) is 0 Å². The van der Waals surface area contributed by atoms with Crippen molar-refractivity contribution in [3.05, 3.63) is 71.8 Å². The van der Waals surface area contributed by atoms with E-state index in [9.17, 15) is 10.2 Å². The van der Waals surface area contributed by atoms with Crippen LogP contribution in [0.15, 0.2) is 60.7 Å². The summed E-state index contributed by atoms with van der Waals surface area (Å²) < 4.78 is 11.0. The van der Waals surface area contributed by atoms with Gasteiger partial charge in [-0.2, -0.15) is 0 Å². The molecule has 0 saturated carbocycles. The van der Waals surface area contributed by atoms with E-state index >= 15 is 0 Å². The average Bonchev–Trinajstić information content (AvgIpc) is 2.59. The summed E-state index contributed by atoms with van der Waals surface area (Å²) in [7, 11) is -0.923. The molecule has 3 unspecified atom stereocenters. The van der Waals surface area contributed by atoms with Crippen LogP contribution in [-0.4, -0.2) is 32.7 Å². The lowest BCUT2D eigenvalue weighted by molar-refractivity contribution is -0.0531. The minimum absolute atomic E-state index is 0.478. The van der Waals surface area contributed by atoms with E-state index < -0.39 is 26.8 Å². The van der Waals surface area contributed by atoms with Gasteiger partial charge in [0.25, 0.3) is 0 Å². The molecule has 0 fully saturated rings. The van der Waals surface area contributed by atoms with Crippen molar-refractivity contribution in [1.82, 2.24) is 0 Å². The van der Waals surface area contributed by atoms with E-state index in [1.165, 1.54) is 0 Å². The second kappa shape index (κ2) is 8.21. The number of ether oxygens (including phenoxy) is 1. The lowest BCUT2D eigenvalue weighted by atomic mass is 10.2. The maximum atomic E-state index is 10.7. The number of methoxy groups -OCH3 is 1. The van der Waals surface area contributed by atoms with Crippen LogP contribution in [0.25, 0.3) is 0 Å². The first-order chi connectivity index (χ1) is 10.6. The Balaban J connectivity index is 2.26. The molecule has 0 aliphatic rings. The summed E-state index contributed by atoms with van der Waals surface area (Å²) in [5.74, 6) is 0. The first-order valence-corrected chi connectivity index (χ1v) is 9.08. The van der Waals surface area contributed by atoms with E-state index in [0.717, 1.165) is 11.1 Å². The zero-order valence-corrected chi connectivity index (χ0v) is 13.9. The lowest BCUT2D eigenvalue weighted by Crippen LogP contribution is -2.38. The van der Waals surface area contributed by atoms with Gasteiger partial charge in [0.05, 0.1) is 11.5 Å². The molecule has 5 heteroatoms. The van der Waals surface area contributed by atoms with Gasteiger partial charge >= 0.3 is 0 Å². The predicted octanol–water partition coefficient (Wildman–Crippen LogP) is 2.26. The van der Waals surface area contributed by atoms with Crippen LogP contribution in [-0.2, 0) is 9.16 Å². The summed E-state index contributed by atoms with van der Waals surface area (Å²) in [6.45, 7) is 1.76. The first-order valence-electron chi connectivity index (χ1n) is 7.27. The van der Waals surface area contributed by atoms with Crippen molar-refractivity contribution < 1.29 is 19.4 Å². The highest BCUT2D eigenvalue weighted by molar-refractivity contribution is 6.54. The van der Waals surface area contributed by atoms with Gasteiger partial charge in [-0.1, -0.05) is 60.7 Å². The van der Waals surface area contributed by atoms with Crippen molar-refractivity contribution in [2.24, 2.45) is 0 Å². The number of aliphatic hydroxyl groups excluding tert-OH is 2. The molecule has 0 saturated heterocycles. The van der Waals surface area contributed by atoms with Crippen molar-refractivity contribution >= 4 is 9.04 Å². The molecule has 0 heterocycles. The summed E-state index contributed by atoms with van der Waals surface area (Å²) in [5, 5.41) is 21.4. The van der Waals surface area contributed by atoms with Crippen LogP contribution >= 0.6 is 0 Å². The summed E-state index contributed by atoms with van der Waals surface area (Å²) in [5.41, 5.74) is -0.155. The largest absolute Gasteiger partial charge is 0.390 e. The zero-order chi connectivity index (χ0) is 15.9. The van der Waals surface area contributed by atoms with E-state index in [1.807, 2.05) is 60.7 Å². The molecule has 4 nitrogen and oxygen atoms in total. The molecule has 0 radical (unpaired) electrons. The molecule has 2 N–H and O–H groups in total. The Hall–Kier alpha value is -1.50. The number of hydrogen-bond donors (Lipinski definition) is 2. The van der Waals surface area contributed by atoms with Crippen LogP contribution in [0, 0.1) is 0 Å². The number of aliphatic hydroxyl groups is 2. The van der Waals surface area contributed by atoms with Crippen molar-refractivity contribution in [1.29, 1.82) is 0 Å². The summed E-state index contributed by atoms with van der Waals surface area (Å²) in [6, 6.07) is 18.6. The molecule has 0 bridgehead atoms. The quantitative estimate of drug-likeness (QED) is 0.607. The number of rotatable bonds is 7. The molecule has 0 spiro atoms. The predicted molar refractivity (Wildman–Crippen MR) is 87.5 cm³/mol.